The molecule has 12 heavy (non-hydrogen) atoms. The number of benzene rings is 1. The summed E-state index contributed by atoms with van der Waals surface area (Å²) in [5.74, 6) is -0.305. The van der Waals surface area contributed by atoms with Crippen molar-refractivity contribution in [1.82, 2.24) is 5.32 Å². The molecule has 0 unspecified atom stereocenters. The minimum atomic E-state index is -0.305. The van der Waals surface area contributed by atoms with Gasteiger partial charge in [-0.1, -0.05) is 15.9 Å². The van der Waals surface area contributed by atoms with E-state index in [-0.39, 0.29) is 12.4 Å². The van der Waals surface area contributed by atoms with Crippen molar-refractivity contribution >= 4 is 15.9 Å². The van der Waals surface area contributed by atoms with Gasteiger partial charge in [-0.05, 0) is 18.2 Å². The summed E-state index contributed by atoms with van der Waals surface area (Å²) in [7, 11) is 0. The Hall–Kier alpha value is -1.08. The molecule has 0 atom stereocenters. The molecule has 0 aromatic heterocycles. The van der Waals surface area contributed by atoms with E-state index >= 15 is 0 Å². The van der Waals surface area contributed by atoms with E-state index in [1.54, 1.807) is 18.3 Å². The number of nitrogens with one attached hydrogen (secondary N) is 1. The normalized spacial score (nSPS) is 9.08. The van der Waals surface area contributed by atoms with Gasteiger partial charge in [-0.2, -0.15) is 5.26 Å². The van der Waals surface area contributed by atoms with Crippen molar-refractivity contribution in [1.29, 1.82) is 5.26 Å². The SMILES string of the molecule is N#CNCc1cc(Br)ccc1F. The summed E-state index contributed by atoms with van der Waals surface area (Å²) in [6.45, 7) is 0.224. The van der Waals surface area contributed by atoms with Crippen LogP contribution in [0.15, 0.2) is 22.7 Å². The van der Waals surface area contributed by atoms with Crippen LogP contribution in [0.3, 0.4) is 0 Å². The fourth-order valence-electron chi connectivity index (χ4n) is 0.814. The quantitative estimate of drug-likeness (QED) is 0.623. The van der Waals surface area contributed by atoms with Gasteiger partial charge in [-0.15, -0.1) is 0 Å². The maximum Gasteiger partial charge on any atom is 0.176 e. The first-order valence-electron chi connectivity index (χ1n) is 3.30. The van der Waals surface area contributed by atoms with E-state index < -0.39 is 0 Å². The van der Waals surface area contributed by atoms with Crippen molar-refractivity contribution in [3.8, 4) is 6.19 Å². The molecule has 0 saturated carbocycles. The Morgan fingerprint density at radius 2 is 2.33 bits per heavy atom. The van der Waals surface area contributed by atoms with Gasteiger partial charge < -0.3 is 5.32 Å². The van der Waals surface area contributed by atoms with Crippen LogP contribution in [-0.4, -0.2) is 0 Å². The Bertz CT molecular complexity index is 319. The van der Waals surface area contributed by atoms with Crippen molar-refractivity contribution < 1.29 is 4.39 Å². The lowest BCUT2D eigenvalue weighted by Crippen LogP contribution is -2.06. The van der Waals surface area contributed by atoms with Gasteiger partial charge in [0, 0.05) is 10.0 Å². The van der Waals surface area contributed by atoms with Gasteiger partial charge in [0.15, 0.2) is 6.19 Å². The molecule has 1 rings (SSSR count). The predicted octanol–water partition coefficient (Wildman–Crippen LogP) is 2.16. The van der Waals surface area contributed by atoms with Gasteiger partial charge in [0.25, 0.3) is 0 Å². The summed E-state index contributed by atoms with van der Waals surface area (Å²) in [6, 6.07) is 4.61. The molecule has 62 valence electrons. The van der Waals surface area contributed by atoms with Crippen molar-refractivity contribution in [2.75, 3.05) is 0 Å². The number of nitrogens with zero attached hydrogens (tertiary/aromatic N) is 1. The monoisotopic (exact) mass is 228 g/mol. The highest BCUT2D eigenvalue weighted by molar-refractivity contribution is 9.10. The highest BCUT2D eigenvalue weighted by Gasteiger charge is 2.00. The summed E-state index contributed by atoms with van der Waals surface area (Å²) in [5, 5.41) is 10.6. The molecule has 0 amide bonds. The van der Waals surface area contributed by atoms with E-state index in [0.29, 0.717) is 5.56 Å². The highest BCUT2D eigenvalue weighted by Crippen LogP contribution is 2.14. The van der Waals surface area contributed by atoms with Crippen LogP contribution in [-0.2, 0) is 6.54 Å². The molecule has 0 aliphatic rings. The molecule has 1 aromatic carbocycles. The molecule has 1 aromatic rings. The van der Waals surface area contributed by atoms with Crippen LogP contribution in [0.1, 0.15) is 5.56 Å². The minimum Gasteiger partial charge on any atom is -0.319 e. The zero-order valence-electron chi connectivity index (χ0n) is 6.14. The molecule has 0 saturated heterocycles. The van der Waals surface area contributed by atoms with Crippen molar-refractivity contribution in [3.05, 3.63) is 34.1 Å². The van der Waals surface area contributed by atoms with E-state index in [9.17, 15) is 4.39 Å². The third-order valence-corrected chi connectivity index (χ3v) is 1.86. The third kappa shape index (κ3) is 2.21. The first-order chi connectivity index (χ1) is 5.74. The van der Waals surface area contributed by atoms with Crippen molar-refractivity contribution in [3.63, 3.8) is 0 Å². The summed E-state index contributed by atoms with van der Waals surface area (Å²) < 4.78 is 13.7. The molecule has 1 N–H and O–H groups in total. The highest BCUT2D eigenvalue weighted by atomic mass is 79.9. The Morgan fingerprint density at radius 1 is 1.58 bits per heavy atom. The Morgan fingerprint density at radius 3 is 3.00 bits per heavy atom. The third-order valence-electron chi connectivity index (χ3n) is 1.37. The summed E-state index contributed by atoms with van der Waals surface area (Å²) in [6.07, 6.45) is 1.73. The fourth-order valence-corrected chi connectivity index (χ4v) is 1.22. The average Bonchev–Trinajstić information content (AvgIpc) is 2.07. The standard InChI is InChI=1S/C8H6BrFN2/c9-7-1-2-8(10)6(3-7)4-12-5-11/h1-3,12H,4H2. The maximum atomic E-state index is 12.9. The summed E-state index contributed by atoms with van der Waals surface area (Å²) >= 11 is 3.21. The zero-order valence-corrected chi connectivity index (χ0v) is 7.73. The average molecular weight is 229 g/mol. The van der Waals surface area contributed by atoms with Gasteiger partial charge >= 0.3 is 0 Å². The van der Waals surface area contributed by atoms with E-state index in [0.717, 1.165) is 4.47 Å². The second-order valence-corrected chi connectivity index (χ2v) is 3.12. The van der Waals surface area contributed by atoms with Crippen LogP contribution in [0.2, 0.25) is 0 Å². The van der Waals surface area contributed by atoms with Crippen LogP contribution in [0.25, 0.3) is 0 Å². The molecular formula is C8H6BrFN2. The second kappa shape index (κ2) is 4.07. The number of rotatable bonds is 2. The van der Waals surface area contributed by atoms with E-state index in [1.807, 2.05) is 0 Å². The van der Waals surface area contributed by atoms with Crippen molar-refractivity contribution in [2.45, 2.75) is 6.54 Å². The molecule has 0 spiro atoms. The van der Waals surface area contributed by atoms with Gasteiger partial charge in [-0.3, -0.25) is 0 Å². The second-order valence-electron chi connectivity index (χ2n) is 2.20. The Balaban J connectivity index is 2.84. The fraction of sp³-hybridized carbons (Fsp3) is 0.125. The van der Waals surface area contributed by atoms with Crippen LogP contribution in [0, 0.1) is 17.3 Å². The number of nitriles is 1. The topological polar surface area (TPSA) is 35.8 Å². The van der Waals surface area contributed by atoms with E-state index in [1.165, 1.54) is 6.07 Å². The molecule has 0 bridgehead atoms. The molecule has 0 aliphatic carbocycles. The van der Waals surface area contributed by atoms with Gasteiger partial charge in [0.2, 0.25) is 0 Å². The van der Waals surface area contributed by atoms with Crippen LogP contribution >= 0.6 is 15.9 Å². The number of hydrogen-bond donors (Lipinski definition) is 1. The Labute approximate surface area is 78.1 Å². The Kier molecular flexibility index (Phi) is 3.06. The molecule has 0 radical (unpaired) electrons. The molecular weight excluding hydrogens is 223 g/mol. The number of halogens is 2. The molecule has 0 fully saturated rings. The number of hydrogen-bond acceptors (Lipinski definition) is 2. The largest absolute Gasteiger partial charge is 0.319 e. The summed E-state index contributed by atoms with van der Waals surface area (Å²) in [5.41, 5.74) is 0.478. The van der Waals surface area contributed by atoms with Crippen LogP contribution in [0.5, 0.6) is 0 Å². The lowest BCUT2D eigenvalue weighted by atomic mass is 10.2. The van der Waals surface area contributed by atoms with Crippen LogP contribution < -0.4 is 5.32 Å². The molecule has 0 heterocycles. The lowest BCUT2D eigenvalue weighted by molar-refractivity contribution is 0.604. The smallest absolute Gasteiger partial charge is 0.176 e. The molecule has 4 heteroatoms. The first kappa shape index (κ1) is 9.01. The zero-order chi connectivity index (χ0) is 8.97. The molecule has 2 nitrogen and oxygen atoms in total. The van der Waals surface area contributed by atoms with Crippen molar-refractivity contribution in [2.24, 2.45) is 0 Å². The van der Waals surface area contributed by atoms with Crippen LogP contribution in [0.4, 0.5) is 4.39 Å². The van der Waals surface area contributed by atoms with E-state index in [4.69, 9.17) is 5.26 Å². The van der Waals surface area contributed by atoms with Gasteiger partial charge in [-0.25, -0.2) is 4.39 Å². The minimum absolute atomic E-state index is 0.224. The summed E-state index contributed by atoms with van der Waals surface area (Å²) in [4.78, 5) is 0. The first-order valence-corrected chi connectivity index (χ1v) is 4.09. The van der Waals surface area contributed by atoms with Gasteiger partial charge in [0.05, 0.1) is 6.54 Å². The lowest BCUT2D eigenvalue weighted by Gasteiger charge is -2.00. The molecule has 0 aliphatic heterocycles. The van der Waals surface area contributed by atoms with E-state index in [2.05, 4.69) is 21.2 Å². The predicted molar refractivity (Wildman–Crippen MR) is 46.6 cm³/mol. The van der Waals surface area contributed by atoms with Gasteiger partial charge in [0.1, 0.15) is 5.82 Å². The maximum absolute atomic E-state index is 12.9.